The monoisotopic (exact) mass is 430 g/mol. The molecule has 0 aliphatic carbocycles. The van der Waals surface area contributed by atoms with Crippen LogP contribution in [0.15, 0.2) is 109 Å². The Labute approximate surface area is 195 Å². The van der Waals surface area contributed by atoms with Crippen LogP contribution in [-0.2, 0) is 13.2 Å². The van der Waals surface area contributed by atoms with Gasteiger partial charge in [0.1, 0.15) is 12.4 Å². The molecule has 0 heterocycles. The van der Waals surface area contributed by atoms with Gasteiger partial charge in [0.05, 0.1) is 0 Å². The summed E-state index contributed by atoms with van der Waals surface area (Å²) in [6, 6.07) is 26.5. The summed E-state index contributed by atoms with van der Waals surface area (Å²) in [5.74, 6) is 0.866. The van der Waals surface area contributed by atoms with Crippen molar-refractivity contribution in [2.24, 2.45) is 5.73 Å². The second-order valence-electron chi connectivity index (χ2n) is 7.28. The summed E-state index contributed by atoms with van der Waals surface area (Å²) >= 11 is 0. The number of allylic oxidation sites excluding steroid dienone is 4. The number of benzene rings is 3. The zero-order valence-electron chi connectivity index (χ0n) is 18.1. The van der Waals surface area contributed by atoms with Gasteiger partial charge in [0, 0.05) is 20.8 Å². The van der Waals surface area contributed by atoms with E-state index in [2.05, 4.69) is 49.2 Å². The fraction of sp³-hybridized carbons (Fsp3) is 0.172. The zero-order valence-corrected chi connectivity index (χ0v) is 18.1. The molecule has 0 fully saturated rings. The number of hydrogen-bond acceptors (Lipinski definition) is 3. The molecule has 0 saturated heterocycles. The molecule has 0 bridgehead atoms. The topological polar surface area (TPSA) is 47.3 Å². The Morgan fingerprint density at radius 3 is 2.47 bits per heavy atom. The lowest BCUT2D eigenvalue weighted by Crippen LogP contribution is -2.02. The highest BCUT2D eigenvalue weighted by molar-refractivity contribution is 5.68. The van der Waals surface area contributed by atoms with E-state index in [9.17, 15) is 0 Å². The average molecular weight is 431 g/mol. The van der Waals surface area contributed by atoms with Crippen LogP contribution in [0.2, 0.25) is 0 Å². The molecule has 0 aliphatic rings. The summed E-state index contributed by atoms with van der Waals surface area (Å²) in [6.07, 6.45) is 6.75. The summed E-state index contributed by atoms with van der Waals surface area (Å²) in [4.78, 5) is 0. The summed E-state index contributed by atoms with van der Waals surface area (Å²) < 4.78 is 5.94. The Balaban J connectivity index is 0.00000363. The molecule has 0 atom stereocenters. The lowest BCUT2D eigenvalue weighted by atomic mass is 10.1. The molecule has 0 aliphatic heterocycles. The lowest BCUT2D eigenvalue weighted by Gasteiger charge is -2.11. The summed E-state index contributed by atoms with van der Waals surface area (Å²) in [5.41, 5.74) is 12.5. The van der Waals surface area contributed by atoms with Crippen molar-refractivity contribution in [3.63, 3.8) is 0 Å². The SMILES string of the molecule is C.C=C/C(=C\C=C(\N)c1cccc(NCc2cccc(OCc3ccccc3)c2)c1)CC.[HH].[HH]. The quantitative estimate of drug-likeness (QED) is 0.322. The molecule has 0 aromatic heterocycles. The van der Waals surface area contributed by atoms with Crippen LogP contribution in [0, 0.1) is 0 Å². The number of anilines is 1. The minimum atomic E-state index is 0. The first-order valence-corrected chi connectivity index (χ1v) is 10.6. The van der Waals surface area contributed by atoms with Crippen molar-refractivity contribution in [1.29, 1.82) is 0 Å². The van der Waals surface area contributed by atoms with Crippen LogP contribution in [0.5, 0.6) is 5.75 Å². The van der Waals surface area contributed by atoms with Gasteiger partial charge in [0.15, 0.2) is 0 Å². The minimum absolute atomic E-state index is 0. The van der Waals surface area contributed by atoms with Gasteiger partial charge < -0.3 is 15.8 Å². The fourth-order valence-corrected chi connectivity index (χ4v) is 3.12. The van der Waals surface area contributed by atoms with Crippen LogP contribution >= 0.6 is 0 Å². The van der Waals surface area contributed by atoms with Crippen LogP contribution in [0.25, 0.3) is 5.70 Å². The average Bonchev–Trinajstić information content (AvgIpc) is 2.83. The lowest BCUT2D eigenvalue weighted by molar-refractivity contribution is 0.306. The highest BCUT2D eigenvalue weighted by atomic mass is 16.5. The van der Waals surface area contributed by atoms with Gasteiger partial charge in [0.25, 0.3) is 0 Å². The molecule has 0 saturated carbocycles. The van der Waals surface area contributed by atoms with E-state index in [0.717, 1.165) is 45.8 Å². The Kier molecular flexibility index (Phi) is 9.86. The molecule has 0 spiro atoms. The first-order chi connectivity index (χ1) is 15.2. The van der Waals surface area contributed by atoms with Crippen LogP contribution < -0.4 is 15.8 Å². The van der Waals surface area contributed by atoms with E-state index in [4.69, 9.17) is 10.5 Å². The predicted molar refractivity (Wildman–Crippen MR) is 143 cm³/mol. The van der Waals surface area contributed by atoms with Crippen molar-refractivity contribution in [1.82, 2.24) is 0 Å². The van der Waals surface area contributed by atoms with Crippen molar-refractivity contribution < 1.29 is 7.59 Å². The van der Waals surface area contributed by atoms with Crippen molar-refractivity contribution in [2.45, 2.75) is 33.9 Å². The van der Waals surface area contributed by atoms with E-state index in [0.29, 0.717) is 13.2 Å². The van der Waals surface area contributed by atoms with Crippen molar-refractivity contribution in [3.8, 4) is 5.75 Å². The van der Waals surface area contributed by atoms with Gasteiger partial charge in [-0.15, -0.1) is 0 Å². The molecule has 170 valence electrons. The van der Waals surface area contributed by atoms with E-state index < -0.39 is 0 Å². The van der Waals surface area contributed by atoms with Gasteiger partial charge >= 0.3 is 0 Å². The largest absolute Gasteiger partial charge is 0.489 e. The molecule has 3 aromatic rings. The third-order valence-electron chi connectivity index (χ3n) is 4.99. The molecule has 0 radical (unpaired) electrons. The van der Waals surface area contributed by atoms with Crippen LogP contribution in [0.4, 0.5) is 5.69 Å². The zero-order chi connectivity index (χ0) is 21.9. The second-order valence-corrected chi connectivity index (χ2v) is 7.28. The molecule has 3 rings (SSSR count). The van der Waals surface area contributed by atoms with E-state index >= 15 is 0 Å². The van der Waals surface area contributed by atoms with Gasteiger partial charge in [-0.05, 0) is 59.0 Å². The number of ether oxygens (including phenoxy) is 1. The highest BCUT2D eigenvalue weighted by Gasteiger charge is 2.01. The third kappa shape index (κ3) is 7.51. The predicted octanol–water partition coefficient (Wildman–Crippen LogP) is 7.83. The maximum atomic E-state index is 6.27. The minimum Gasteiger partial charge on any atom is -0.489 e. The van der Waals surface area contributed by atoms with E-state index in [1.165, 1.54) is 0 Å². The van der Waals surface area contributed by atoms with Crippen molar-refractivity contribution >= 4 is 11.4 Å². The molecule has 3 nitrogen and oxygen atoms in total. The van der Waals surface area contributed by atoms with Crippen molar-refractivity contribution in [2.75, 3.05) is 5.32 Å². The Hall–Kier alpha value is -3.72. The molecule has 0 amide bonds. The van der Waals surface area contributed by atoms with Gasteiger partial charge in [-0.25, -0.2) is 0 Å². The second kappa shape index (κ2) is 12.9. The smallest absolute Gasteiger partial charge is 0.120 e. The van der Waals surface area contributed by atoms with E-state index in [-0.39, 0.29) is 10.3 Å². The molecule has 32 heavy (non-hydrogen) atoms. The molecular weight excluding hydrogens is 392 g/mol. The Bertz CT molecular complexity index is 1060. The molecular formula is C29H38N2O. The van der Waals surface area contributed by atoms with Crippen LogP contribution in [0.1, 0.15) is 40.3 Å². The number of hydrogen-bond donors (Lipinski definition) is 2. The van der Waals surface area contributed by atoms with Gasteiger partial charge in [-0.1, -0.05) is 87.7 Å². The highest BCUT2D eigenvalue weighted by Crippen LogP contribution is 2.19. The maximum absolute atomic E-state index is 6.27. The maximum Gasteiger partial charge on any atom is 0.120 e. The Morgan fingerprint density at radius 1 is 0.969 bits per heavy atom. The molecule has 0 unspecified atom stereocenters. The fourth-order valence-electron chi connectivity index (χ4n) is 3.12. The Morgan fingerprint density at radius 2 is 1.72 bits per heavy atom. The molecule has 3 aromatic carbocycles. The summed E-state index contributed by atoms with van der Waals surface area (Å²) in [7, 11) is 0. The molecule has 3 heteroatoms. The van der Waals surface area contributed by atoms with Gasteiger partial charge in [-0.3, -0.25) is 0 Å². The number of nitrogens with one attached hydrogen (secondary N) is 1. The van der Waals surface area contributed by atoms with E-state index in [1.807, 2.05) is 66.8 Å². The normalized spacial score (nSPS) is 11.4. The third-order valence-corrected chi connectivity index (χ3v) is 4.99. The first-order valence-electron chi connectivity index (χ1n) is 10.6. The van der Waals surface area contributed by atoms with Gasteiger partial charge in [-0.2, -0.15) is 0 Å². The van der Waals surface area contributed by atoms with Crippen LogP contribution in [-0.4, -0.2) is 0 Å². The first kappa shape index (κ1) is 24.5. The summed E-state index contributed by atoms with van der Waals surface area (Å²) in [6.45, 7) is 7.19. The van der Waals surface area contributed by atoms with Crippen LogP contribution in [0.3, 0.4) is 0 Å². The van der Waals surface area contributed by atoms with Crippen molar-refractivity contribution in [3.05, 3.63) is 126 Å². The molecule has 3 N–H and O–H groups in total. The summed E-state index contributed by atoms with van der Waals surface area (Å²) in [5, 5.41) is 3.47. The standard InChI is InChI=1S/C28H30N2O.CH4.2H2/c1-3-22(4-2)16-17-28(29)25-13-9-14-26(19-25)30-20-24-12-8-15-27(18-24)31-21-23-10-6-5-7-11-23;;;/h3,5-19,30H,1,4,20-21,29H2,2H3;1H4;2*1H/b22-16+,28-17+;;;. The number of nitrogens with two attached hydrogens (primary N) is 1. The van der Waals surface area contributed by atoms with E-state index in [1.54, 1.807) is 0 Å². The number of rotatable bonds is 10. The van der Waals surface area contributed by atoms with Gasteiger partial charge in [0.2, 0.25) is 0 Å².